The van der Waals surface area contributed by atoms with Crippen LogP contribution in [0.2, 0.25) is 0 Å². The summed E-state index contributed by atoms with van der Waals surface area (Å²) < 4.78 is 25.9. The molecular formula is C12H15F2NO2S. The molecule has 3 nitrogen and oxygen atoms in total. The predicted octanol–water partition coefficient (Wildman–Crippen LogP) is 2.64. The molecule has 100 valence electrons. The van der Waals surface area contributed by atoms with E-state index >= 15 is 0 Å². The van der Waals surface area contributed by atoms with E-state index in [1.807, 2.05) is 0 Å². The van der Waals surface area contributed by atoms with Gasteiger partial charge in [-0.05, 0) is 37.7 Å². The van der Waals surface area contributed by atoms with Gasteiger partial charge in [0.1, 0.15) is 17.2 Å². The van der Waals surface area contributed by atoms with Crippen molar-refractivity contribution >= 4 is 17.7 Å². The molecule has 6 heteroatoms. The van der Waals surface area contributed by atoms with Crippen LogP contribution in [0, 0.1) is 11.6 Å². The Morgan fingerprint density at radius 2 is 2.17 bits per heavy atom. The quantitative estimate of drug-likeness (QED) is 0.619. The molecule has 0 saturated carbocycles. The second-order valence-electron chi connectivity index (χ2n) is 4.25. The number of thioether (sulfide) groups is 1. The van der Waals surface area contributed by atoms with Gasteiger partial charge < -0.3 is 10.8 Å². The van der Waals surface area contributed by atoms with Gasteiger partial charge in [-0.25, -0.2) is 8.78 Å². The molecule has 0 aliphatic heterocycles. The van der Waals surface area contributed by atoms with Crippen molar-refractivity contribution in [2.45, 2.75) is 30.2 Å². The molecule has 0 spiro atoms. The summed E-state index contributed by atoms with van der Waals surface area (Å²) in [6, 6.07) is 3.39. The average molecular weight is 275 g/mol. The Hall–Kier alpha value is -1.14. The molecule has 0 aromatic heterocycles. The van der Waals surface area contributed by atoms with Crippen LogP contribution in [0.3, 0.4) is 0 Å². The SMILES string of the molecule is CC(N)(CCCSc1ccc(F)cc1F)C(=O)O. The van der Waals surface area contributed by atoms with Gasteiger partial charge >= 0.3 is 5.97 Å². The second kappa shape index (κ2) is 6.15. The minimum atomic E-state index is -1.26. The maximum atomic E-state index is 13.3. The first-order valence-electron chi connectivity index (χ1n) is 5.43. The number of carboxylic acids is 1. The number of hydrogen-bond acceptors (Lipinski definition) is 3. The molecule has 1 atom stereocenters. The van der Waals surface area contributed by atoms with Crippen LogP contribution in [0.5, 0.6) is 0 Å². The van der Waals surface area contributed by atoms with Crippen LogP contribution in [0.1, 0.15) is 19.8 Å². The van der Waals surface area contributed by atoms with Crippen LogP contribution < -0.4 is 5.73 Å². The highest BCUT2D eigenvalue weighted by atomic mass is 32.2. The van der Waals surface area contributed by atoms with Gasteiger partial charge in [-0.1, -0.05) is 0 Å². The monoisotopic (exact) mass is 275 g/mol. The Morgan fingerprint density at radius 3 is 2.72 bits per heavy atom. The van der Waals surface area contributed by atoms with Crippen LogP contribution in [0.25, 0.3) is 0 Å². The topological polar surface area (TPSA) is 63.3 Å². The number of rotatable bonds is 6. The van der Waals surface area contributed by atoms with Crippen molar-refractivity contribution in [3.63, 3.8) is 0 Å². The fourth-order valence-electron chi connectivity index (χ4n) is 1.32. The summed E-state index contributed by atoms with van der Waals surface area (Å²) in [6.45, 7) is 1.44. The summed E-state index contributed by atoms with van der Waals surface area (Å²) in [5.41, 5.74) is 4.29. The molecule has 1 unspecified atom stereocenters. The lowest BCUT2D eigenvalue weighted by Gasteiger charge is -2.18. The van der Waals surface area contributed by atoms with E-state index in [0.29, 0.717) is 23.5 Å². The lowest BCUT2D eigenvalue weighted by Crippen LogP contribution is -2.44. The fourth-order valence-corrected chi connectivity index (χ4v) is 2.19. The largest absolute Gasteiger partial charge is 0.480 e. The van der Waals surface area contributed by atoms with E-state index < -0.39 is 23.1 Å². The van der Waals surface area contributed by atoms with Crippen molar-refractivity contribution in [2.24, 2.45) is 5.73 Å². The zero-order valence-electron chi connectivity index (χ0n) is 9.95. The van der Waals surface area contributed by atoms with E-state index in [-0.39, 0.29) is 0 Å². The van der Waals surface area contributed by atoms with E-state index in [2.05, 4.69) is 0 Å². The van der Waals surface area contributed by atoms with E-state index in [4.69, 9.17) is 10.8 Å². The minimum absolute atomic E-state index is 0.304. The molecule has 0 saturated heterocycles. The van der Waals surface area contributed by atoms with Crippen LogP contribution in [-0.4, -0.2) is 22.4 Å². The molecule has 1 aromatic carbocycles. The minimum Gasteiger partial charge on any atom is -0.480 e. The molecule has 0 bridgehead atoms. The Labute approximate surface area is 108 Å². The molecule has 0 radical (unpaired) electrons. The number of hydrogen-bond donors (Lipinski definition) is 2. The van der Waals surface area contributed by atoms with Crippen LogP contribution in [0.4, 0.5) is 8.78 Å². The van der Waals surface area contributed by atoms with Crippen molar-refractivity contribution in [1.82, 2.24) is 0 Å². The van der Waals surface area contributed by atoms with Crippen LogP contribution >= 0.6 is 11.8 Å². The lowest BCUT2D eigenvalue weighted by molar-refractivity contribution is -0.142. The normalized spacial score (nSPS) is 14.2. The van der Waals surface area contributed by atoms with Crippen LogP contribution in [0.15, 0.2) is 23.1 Å². The predicted molar refractivity (Wildman–Crippen MR) is 66.5 cm³/mol. The van der Waals surface area contributed by atoms with Crippen LogP contribution in [-0.2, 0) is 4.79 Å². The van der Waals surface area contributed by atoms with Gasteiger partial charge in [-0.15, -0.1) is 11.8 Å². The highest BCUT2D eigenvalue weighted by Crippen LogP contribution is 2.24. The molecule has 0 aliphatic rings. The highest BCUT2D eigenvalue weighted by Gasteiger charge is 2.26. The second-order valence-corrected chi connectivity index (χ2v) is 5.39. The van der Waals surface area contributed by atoms with Gasteiger partial charge in [0.05, 0.1) is 0 Å². The maximum absolute atomic E-state index is 13.3. The number of aliphatic carboxylic acids is 1. The number of nitrogens with two attached hydrogens (primary N) is 1. The summed E-state index contributed by atoms with van der Waals surface area (Å²) in [7, 11) is 0. The molecule has 0 aliphatic carbocycles. The zero-order valence-corrected chi connectivity index (χ0v) is 10.8. The smallest absolute Gasteiger partial charge is 0.323 e. The van der Waals surface area contributed by atoms with Crippen molar-refractivity contribution in [3.05, 3.63) is 29.8 Å². The van der Waals surface area contributed by atoms with Crippen molar-refractivity contribution in [1.29, 1.82) is 0 Å². The van der Waals surface area contributed by atoms with Crippen molar-refractivity contribution < 1.29 is 18.7 Å². The Kier molecular flexibility index (Phi) is 5.10. The maximum Gasteiger partial charge on any atom is 0.323 e. The molecule has 0 amide bonds. The third kappa shape index (κ3) is 4.27. The summed E-state index contributed by atoms with van der Waals surface area (Å²) in [5, 5.41) is 8.80. The molecule has 3 N–H and O–H groups in total. The number of carbonyl (C=O) groups is 1. The van der Waals surface area contributed by atoms with Gasteiger partial charge in [-0.2, -0.15) is 0 Å². The summed E-state index contributed by atoms with van der Waals surface area (Å²) in [6.07, 6.45) is 0.846. The Balaban J connectivity index is 2.41. The van der Waals surface area contributed by atoms with Gasteiger partial charge in [0, 0.05) is 11.0 Å². The molecule has 1 rings (SSSR count). The first-order valence-corrected chi connectivity index (χ1v) is 6.41. The standard InChI is InChI=1S/C12H15F2NO2S/c1-12(15,11(16)17)5-2-6-18-10-4-3-8(13)7-9(10)14/h3-4,7H,2,5-6,15H2,1H3,(H,16,17). The first-order chi connectivity index (χ1) is 8.33. The number of carboxylic acid groups (broad SMARTS) is 1. The lowest BCUT2D eigenvalue weighted by atomic mass is 9.98. The van der Waals surface area contributed by atoms with E-state index in [0.717, 1.165) is 6.07 Å². The van der Waals surface area contributed by atoms with E-state index in [1.54, 1.807) is 0 Å². The van der Waals surface area contributed by atoms with E-state index in [1.165, 1.54) is 30.8 Å². The fraction of sp³-hybridized carbons (Fsp3) is 0.417. The van der Waals surface area contributed by atoms with Crippen molar-refractivity contribution in [3.8, 4) is 0 Å². The third-order valence-electron chi connectivity index (χ3n) is 2.48. The highest BCUT2D eigenvalue weighted by molar-refractivity contribution is 7.99. The van der Waals surface area contributed by atoms with Crippen molar-refractivity contribution in [2.75, 3.05) is 5.75 Å². The molecule has 0 fully saturated rings. The average Bonchev–Trinajstić information content (AvgIpc) is 2.26. The zero-order chi connectivity index (χ0) is 13.8. The van der Waals surface area contributed by atoms with E-state index in [9.17, 15) is 13.6 Å². The number of halogens is 2. The summed E-state index contributed by atoms with van der Waals surface area (Å²) in [4.78, 5) is 11.1. The Morgan fingerprint density at radius 1 is 1.50 bits per heavy atom. The summed E-state index contributed by atoms with van der Waals surface area (Å²) >= 11 is 1.22. The van der Waals surface area contributed by atoms with Gasteiger partial charge in [0.2, 0.25) is 0 Å². The summed E-state index contributed by atoms with van der Waals surface area (Å²) in [5.74, 6) is -1.74. The van der Waals surface area contributed by atoms with Gasteiger partial charge in [0.25, 0.3) is 0 Å². The molecular weight excluding hydrogens is 260 g/mol. The van der Waals surface area contributed by atoms with Gasteiger partial charge in [-0.3, -0.25) is 4.79 Å². The number of benzene rings is 1. The molecule has 1 aromatic rings. The molecule has 18 heavy (non-hydrogen) atoms. The first kappa shape index (κ1) is 14.9. The molecule has 0 heterocycles. The third-order valence-corrected chi connectivity index (χ3v) is 3.62. The Bertz CT molecular complexity index is 438. The van der Waals surface area contributed by atoms with Gasteiger partial charge in [0.15, 0.2) is 0 Å².